The van der Waals surface area contributed by atoms with Crippen molar-refractivity contribution in [2.45, 2.75) is 23.6 Å². The second-order valence-electron chi connectivity index (χ2n) is 4.61. The van der Waals surface area contributed by atoms with Crippen LogP contribution in [0, 0.1) is 13.8 Å². The monoisotopic (exact) mass is 313 g/mol. The fourth-order valence-electron chi connectivity index (χ4n) is 1.95. The Labute approximate surface area is 132 Å². The highest BCUT2D eigenvalue weighted by molar-refractivity contribution is 7.99. The van der Waals surface area contributed by atoms with Crippen LogP contribution in [0.25, 0.3) is 0 Å². The number of rotatable bonds is 4. The van der Waals surface area contributed by atoms with Gasteiger partial charge in [0, 0.05) is 21.7 Å². The van der Waals surface area contributed by atoms with E-state index >= 15 is 0 Å². The Morgan fingerprint density at radius 3 is 2.76 bits per heavy atom. The van der Waals surface area contributed by atoms with Crippen molar-refractivity contribution in [3.05, 3.63) is 58.0 Å². The number of para-hydroxylation sites is 1. The molecule has 0 spiro atoms. The summed E-state index contributed by atoms with van der Waals surface area (Å²) in [7, 11) is 0. The highest BCUT2D eigenvalue weighted by Gasteiger charge is 2.10. The van der Waals surface area contributed by atoms with Gasteiger partial charge in [-0.2, -0.15) is 5.10 Å². The molecule has 0 aliphatic rings. The molecular weight excluding hydrogens is 298 g/mol. The van der Waals surface area contributed by atoms with Crippen LogP contribution in [-0.2, 0) is 0 Å². The van der Waals surface area contributed by atoms with Crippen LogP contribution < -0.4 is 0 Å². The van der Waals surface area contributed by atoms with Gasteiger partial charge in [0.05, 0.1) is 16.3 Å². The lowest BCUT2D eigenvalue weighted by Gasteiger charge is -2.05. The van der Waals surface area contributed by atoms with Crippen molar-refractivity contribution < 1.29 is 0 Å². The maximum atomic E-state index is 4.62. The molecule has 0 atom stereocenters. The van der Waals surface area contributed by atoms with Crippen molar-refractivity contribution in [2.24, 2.45) is 4.99 Å². The molecule has 0 unspecified atom stereocenters. The first-order valence-corrected chi connectivity index (χ1v) is 8.29. The number of aliphatic imine (C=N–C) groups is 1. The van der Waals surface area contributed by atoms with E-state index in [1.165, 1.54) is 4.90 Å². The topological polar surface area (TPSA) is 41.0 Å². The second kappa shape index (κ2) is 6.28. The molecule has 3 nitrogen and oxygen atoms in total. The Kier molecular flexibility index (Phi) is 4.22. The molecule has 106 valence electrons. The van der Waals surface area contributed by atoms with Gasteiger partial charge in [0.25, 0.3) is 0 Å². The number of hydrogen-bond donors (Lipinski definition) is 1. The predicted molar refractivity (Wildman–Crippen MR) is 90.2 cm³/mol. The zero-order valence-electron chi connectivity index (χ0n) is 11.8. The quantitative estimate of drug-likeness (QED) is 0.689. The molecule has 21 heavy (non-hydrogen) atoms. The van der Waals surface area contributed by atoms with Crippen molar-refractivity contribution >= 4 is 35.0 Å². The maximum Gasteiger partial charge on any atom is 0.0769 e. The van der Waals surface area contributed by atoms with E-state index in [-0.39, 0.29) is 0 Å². The van der Waals surface area contributed by atoms with Crippen molar-refractivity contribution in [1.82, 2.24) is 10.2 Å². The van der Waals surface area contributed by atoms with Crippen molar-refractivity contribution in [3.8, 4) is 0 Å². The number of H-pyrrole nitrogens is 1. The normalized spacial score (nSPS) is 11.3. The van der Waals surface area contributed by atoms with Crippen LogP contribution in [0.2, 0.25) is 0 Å². The molecule has 0 saturated carbocycles. The summed E-state index contributed by atoms with van der Waals surface area (Å²) >= 11 is 3.39. The molecule has 0 fully saturated rings. The van der Waals surface area contributed by atoms with E-state index in [4.69, 9.17) is 0 Å². The van der Waals surface area contributed by atoms with Crippen molar-refractivity contribution in [2.75, 3.05) is 0 Å². The van der Waals surface area contributed by atoms with Crippen LogP contribution in [0.3, 0.4) is 0 Å². The van der Waals surface area contributed by atoms with Gasteiger partial charge >= 0.3 is 0 Å². The van der Waals surface area contributed by atoms with Gasteiger partial charge in [-0.05, 0) is 37.4 Å². The van der Waals surface area contributed by atoms with E-state index in [2.05, 4.69) is 32.7 Å². The minimum Gasteiger partial charge on any atom is -0.281 e. The average Bonchev–Trinajstić information content (AvgIpc) is 3.11. The summed E-state index contributed by atoms with van der Waals surface area (Å²) in [6, 6.07) is 12.3. The zero-order chi connectivity index (χ0) is 14.7. The molecule has 5 heteroatoms. The standard InChI is InChI=1S/C16H15N3S2/c1-11-16(12(2)19-18-11)21-15-8-4-3-7-14(15)17-10-13-6-5-9-20-13/h3-10H,1-2H3,(H,18,19). The fourth-order valence-corrected chi connectivity index (χ4v) is 3.52. The third-order valence-corrected chi connectivity index (χ3v) is 5.19. The minimum absolute atomic E-state index is 0.982. The summed E-state index contributed by atoms with van der Waals surface area (Å²) < 4.78 is 0. The lowest BCUT2D eigenvalue weighted by Crippen LogP contribution is -1.80. The molecule has 0 bridgehead atoms. The zero-order valence-corrected chi connectivity index (χ0v) is 13.5. The number of benzene rings is 1. The Morgan fingerprint density at radius 2 is 2.05 bits per heavy atom. The summed E-state index contributed by atoms with van der Waals surface area (Å²) in [6.45, 7) is 4.06. The number of nitrogens with zero attached hydrogens (tertiary/aromatic N) is 2. The molecule has 0 aliphatic carbocycles. The van der Waals surface area contributed by atoms with Gasteiger partial charge in [-0.15, -0.1) is 11.3 Å². The van der Waals surface area contributed by atoms with Gasteiger partial charge in [0.15, 0.2) is 0 Å². The summed E-state index contributed by atoms with van der Waals surface area (Å²) in [4.78, 5) is 8.09. The number of thiophene rings is 1. The van der Waals surface area contributed by atoms with Crippen LogP contribution in [0.5, 0.6) is 0 Å². The summed E-state index contributed by atoms with van der Waals surface area (Å²) in [5, 5.41) is 9.33. The van der Waals surface area contributed by atoms with Crippen molar-refractivity contribution in [3.63, 3.8) is 0 Å². The molecule has 3 aromatic rings. The first-order valence-electron chi connectivity index (χ1n) is 6.60. The Morgan fingerprint density at radius 1 is 1.19 bits per heavy atom. The van der Waals surface area contributed by atoms with E-state index in [9.17, 15) is 0 Å². The van der Waals surface area contributed by atoms with Crippen LogP contribution in [-0.4, -0.2) is 16.4 Å². The molecule has 0 saturated heterocycles. The average molecular weight is 313 g/mol. The SMILES string of the molecule is Cc1n[nH]c(C)c1Sc1ccccc1N=Cc1cccs1. The number of nitrogens with one attached hydrogen (secondary N) is 1. The van der Waals surface area contributed by atoms with Crippen LogP contribution in [0.1, 0.15) is 16.3 Å². The molecule has 0 aliphatic heterocycles. The molecular formula is C16H15N3S2. The Bertz CT molecular complexity index is 738. The van der Waals surface area contributed by atoms with Gasteiger partial charge in [-0.3, -0.25) is 10.1 Å². The van der Waals surface area contributed by atoms with Crippen molar-refractivity contribution in [1.29, 1.82) is 0 Å². The van der Waals surface area contributed by atoms with Gasteiger partial charge in [0.1, 0.15) is 0 Å². The molecule has 2 aromatic heterocycles. The Hall–Kier alpha value is -1.85. The van der Waals surface area contributed by atoms with E-state index < -0.39 is 0 Å². The first kappa shape index (κ1) is 14.1. The van der Waals surface area contributed by atoms with E-state index in [1.54, 1.807) is 23.1 Å². The molecule has 3 rings (SSSR count). The van der Waals surface area contributed by atoms with Gasteiger partial charge < -0.3 is 0 Å². The highest BCUT2D eigenvalue weighted by atomic mass is 32.2. The third kappa shape index (κ3) is 3.25. The first-order chi connectivity index (χ1) is 10.2. The maximum absolute atomic E-state index is 4.62. The largest absolute Gasteiger partial charge is 0.281 e. The molecule has 0 amide bonds. The number of aromatic nitrogens is 2. The lowest BCUT2D eigenvalue weighted by atomic mass is 10.3. The molecule has 0 radical (unpaired) electrons. The number of aryl methyl sites for hydroxylation is 2. The predicted octanol–water partition coefficient (Wildman–Crippen LogP) is 4.99. The number of aromatic amines is 1. The molecule has 2 heterocycles. The third-order valence-electron chi connectivity index (χ3n) is 3.01. The smallest absolute Gasteiger partial charge is 0.0769 e. The van der Waals surface area contributed by atoms with Gasteiger partial charge in [-0.25, -0.2) is 0 Å². The summed E-state index contributed by atoms with van der Waals surface area (Å²) in [5.74, 6) is 0. The van der Waals surface area contributed by atoms with Gasteiger partial charge in [-0.1, -0.05) is 30.0 Å². The van der Waals surface area contributed by atoms with E-state index in [1.807, 2.05) is 44.3 Å². The molecule has 1 aromatic carbocycles. The second-order valence-corrected chi connectivity index (χ2v) is 6.64. The molecule has 1 N–H and O–H groups in total. The summed E-state index contributed by atoms with van der Waals surface area (Å²) in [5.41, 5.74) is 3.10. The van der Waals surface area contributed by atoms with Crippen LogP contribution in [0.4, 0.5) is 5.69 Å². The Balaban J connectivity index is 1.89. The minimum atomic E-state index is 0.982. The van der Waals surface area contributed by atoms with Gasteiger partial charge in [0.2, 0.25) is 0 Å². The lowest BCUT2D eigenvalue weighted by molar-refractivity contribution is 1.02. The van der Waals surface area contributed by atoms with E-state index in [0.717, 1.165) is 26.8 Å². The fraction of sp³-hybridized carbons (Fsp3) is 0.125. The number of hydrogen-bond acceptors (Lipinski definition) is 4. The van der Waals surface area contributed by atoms with Crippen LogP contribution >= 0.6 is 23.1 Å². The van der Waals surface area contributed by atoms with E-state index in [0.29, 0.717) is 0 Å². The summed E-state index contributed by atoms with van der Waals surface area (Å²) in [6.07, 6.45) is 1.92. The highest BCUT2D eigenvalue weighted by Crippen LogP contribution is 2.37. The van der Waals surface area contributed by atoms with Crippen LogP contribution in [0.15, 0.2) is 56.6 Å².